The molecule has 1 aromatic carbocycles. The number of aromatic nitrogens is 1. The number of aromatic hydroxyl groups is 1. The smallest absolute Gasteiger partial charge is 0.341 e. The predicted octanol–water partition coefficient (Wildman–Crippen LogP) is 3.11. The maximum absolute atomic E-state index is 12.1. The van der Waals surface area contributed by atoms with E-state index >= 15 is 0 Å². The summed E-state index contributed by atoms with van der Waals surface area (Å²) in [6.45, 7) is 0. The summed E-state index contributed by atoms with van der Waals surface area (Å²) in [4.78, 5) is 23.9. The second kappa shape index (κ2) is 4.91. The Balaban J connectivity index is 2.40. The first-order valence-corrected chi connectivity index (χ1v) is 7.04. The van der Waals surface area contributed by atoms with Crippen LogP contribution in [-0.2, 0) is 0 Å². The minimum absolute atomic E-state index is 0.0960. The topological polar surface area (TPSA) is 79.5 Å². The molecule has 0 aliphatic carbocycles. The molecule has 0 aliphatic rings. The van der Waals surface area contributed by atoms with Crippen LogP contribution < -0.4 is 5.43 Å². The van der Waals surface area contributed by atoms with Gasteiger partial charge in [-0.1, -0.05) is 11.6 Å². The second-order valence-electron chi connectivity index (χ2n) is 4.33. The Kier molecular flexibility index (Phi) is 3.19. The van der Waals surface area contributed by atoms with E-state index in [4.69, 9.17) is 16.7 Å². The molecular formula is C14H8ClNO4S. The summed E-state index contributed by atoms with van der Waals surface area (Å²) in [5, 5.41) is 18.8. The van der Waals surface area contributed by atoms with Crippen molar-refractivity contribution >= 4 is 39.1 Å². The normalized spacial score (nSPS) is 10.9. The third-order valence-electron chi connectivity index (χ3n) is 3.01. The summed E-state index contributed by atoms with van der Waals surface area (Å²) in [5.41, 5.74) is -0.264. The molecule has 0 atom stereocenters. The number of rotatable bonds is 2. The van der Waals surface area contributed by atoms with Gasteiger partial charge in [0.15, 0.2) is 0 Å². The summed E-state index contributed by atoms with van der Waals surface area (Å²) in [7, 11) is 0. The minimum atomic E-state index is -1.29. The Morgan fingerprint density at radius 2 is 1.90 bits per heavy atom. The van der Waals surface area contributed by atoms with Crippen LogP contribution in [0.1, 0.15) is 10.4 Å². The fraction of sp³-hybridized carbons (Fsp3) is 0. The largest absolute Gasteiger partial charge is 0.508 e. The third kappa shape index (κ3) is 2.28. The molecule has 0 radical (unpaired) electrons. The Bertz CT molecular complexity index is 911. The maximum Gasteiger partial charge on any atom is 0.341 e. The minimum Gasteiger partial charge on any atom is -0.508 e. The molecule has 0 aliphatic heterocycles. The van der Waals surface area contributed by atoms with Gasteiger partial charge in [0.25, 0.3) is 0 Å². The summed E-state index contributed by atoms with van der Waals surface area (Å²) in [5.74, 6) is -1.20. The molecule has 2 heterocycles. The van der Waals surface area contributed by atoms with E-state index < -0.39 is 11.4 Å². The fourth-order valence-corrected chi connectivity index (χ4v) is 3.25. The van der Waals surface area contributed by atoms with Crippen molar-refractivity contribution in [3.63, 3.8) is 0 Å². The molecule has 2 N–H and O–H groups in total. The monoisotopic (exact) mass is 321 g/mol. The van der Waals surface area contributed by atoms with Gasteiger partial charge in [-0.2, -0.15) is 0 Å². The lowest BCUT2D eigenvalue weighted by molar-refractivity contribution is 0.0695. The number of hydrogen-bond acceptors (Lipinski definition) is 4. The first-order chi connectivity index (χ1) is 9.97. The van der Waals surface area contributed by atoms with Crippen LogP contribution in [0, 0.1) is 0 Å². The zero-order valence-electron chi connectivity index (χ0n) is 10.4. The number of phenols is 1. The molecule has 3 aromatic rings. The highest BCUT2D eigenvalue weighted by Crippen LogP contribution is 2.30. The van der Waals surface area contributed by atoms with Gasteiger partial charge in [0.05, 0.1) is 9.72 Å². The number of benzene rings is 1. The standard InChI is InChI=1S/C14H8ClNO4S/c15-11-5-9-12(18)10(14(19)20)6-16(13(9)21-11)7-1-3-8(17)4-2-7/h1-6,17H,(H,19,20). The van der Waals surface area contributed by atoms with Crippen LogP contribution in [0.3, 0.4) is 0 Å². The Hall–Kier alpha value is -2.31. The number of halogens is 1. The average Bonchev–Trinajstić information content (AvgIpc) is 2.82. The van der Waals surface area contributed by atoms with E-state index in [9.17, 15) is 14.7 Å². The van der Waals surface area contributed by atoms with Crippen LogP contribution in [0.25, 0.3) is 15.9 Å². The number of thiophene rings is 1. The molecule has 0 fully saturated rings. The van der Waals surface area contributed by atoms with Crippen LogP contribution in [0.2, 0.25) is 4.34 Å². The second-order valence-corrected chi connectivity index (χ2v) is 5.99. The summed E-state index contributed by atoms with van der Waals surface area (Å²) in [6, 6.07) is 7.67. The van der Waals surface area contributed by atoms with Gasteiger partial charge in [0.2, 0.25) is 5.43 Å². The van der Waals surface area contributed by atoms with Crippen LogP contribution in [0.4, 0.5) is 0 Å². The molecule has 5 nitrogen and oxygen atoms in total. The quantitative estimate of drug-likeness (QED) is 0.760. The number of aromatic carboxylic acids is 1. The Morgan fingerprint density at radius 3 is 2.52 bits per heavy atom. The molecule has 0 amide bonds. The van der Waals surface area contributed by atoms with Gasteiger partial charge in [-0.05, 0) is 30.3 Å². The predicted molar refractivity (Wildman–Crippen MR) is 81.1 cm³/mol. The molecule has 2 aromatic heterocycles. The number of nitrogens with zero attached hydrogens (tertiary/aromatic N) is 1. The first kappa shape index (κ1) is 13.7. The lowest BCUT2D eigenvalue weighted by Crippen LogP contribution is -2.17. The molecule has 0 spiro atoms. The number of fused-ring (bicyclic) bond motifs is 1. The molecule has 7 heteroatoms. The summed E-state index contributed by atoms with van der Waals surface area (Å²) < 4.78 is 1.98. The van der Waals surface area contributed by atoms with E-state index in [-0.39, 0.29) is 16.7 Å². The SMILES string of the molecule is O=C(O)c1cn(-c2ccc(O)cc2)c2sc(Cl)cc2c1=O. The van der Waals surface area contributed by atoms with Crippen LogP contribution >= 0.6 is 22.9 Å². The lowest BCUT2D eigenvalue weighted by atomic mass is 10.2. The number of carboxylic acids is 1. The van der Waals surface area contributed by atoms with Crippen LogP contribution in [0.5, 0.6) is 5.75 Å². The molecule has 0 bridgehead atoms. The van der Waals surface area contributed by atoms with Crippen molar-refractivity contribution in [1.82, 2.24) is 4.57 Å². The van der Waals surface area contributed by atoms with Gasteiger partial charge < -0.3 is 14.8 Å². The van der Waals surface area contributed by atoms with Gasteiger partial charge in [-0.15, -0.1) is 11.3 Å². The Labute approximate surface area is 127 Å². The zero-order chi connectivity index (χ0) is 15.1. The van der Waals surface area contributed by atoms with Crippen molar-refractivity contribution in [2.45, 2.75) is 0 Å². The molecule has 106 valence electrons. The van der Waals surface area contributed by atoms with Crippen LogP contribution in [-0.4, -0.2) is 20.7 Å². The molecule has 3 rings (SSSR count). The van der Waals surface area contributed by atoms with Crippen molar-refractivity contribution in [3.8, 4) is 11.4 Å². The highest BCUT2D eigenvalue weighted by molar-refractivity contribution is 7.22. The van der Waals surface area contributed by atoms with E-state index in [0.717, 1.165) is 0 Å². The van der Waals surface area contributed by atoms with Gasteiger partial charge in [-0.3, -0.25) is 4.79 Å². The van der Waals surface area contributed by atoms with E-state index in [0.29, 0.717) is 14.9 Å². The van der Waals surface area contributed by atoms with Gasteiger partial charge in [-0.25, -0.2) is 4.79 Å². The van der Waals surface area contributed by atoms with E-state index in [1.165, 1.54) is 35.7 Å². The van der Waals surface area contributed by atoms with Crippen molar-refractivity contribution in [3.05, 3.63) is 56.7 Å². The van der Waals surface area contributed by atoms with Crippen molar-refractivity contribution in [2.24, 2.45) is 0 Å². The van der Waals surface area contributed by atoms with Crippen molar-refractivity contribution in [2.75, 3.05) is 0 Å². The van der Waals surface area contributed by atoms with Crippen molar-refractivity contribution < 1.29 is 15.0 Å². The van der Waals surface area contributed by atoms with E-state index in [1.807, 2.05) is 0 Å². The van der Waals surface area contributed by atoms with E-state index in [2.05, 4.69) is 0 Å². The highest BCUT2D eigenvalue weighted by Gasteiger charge is 2.17. The Morgan fingerprint density at radius 1 is 1.24 bits per heavy atom. The highest BCUT2D eigenvalue weighted by atomic mass is 35.5. The third-order valence-corrected chi connectivity index (χ3v) is 4.27. The number of pyridine rings is 1. The lowest BCUT2D eigenvalue weighted by Gasteiger charge is -2.09. The number of phenolic OH excluding ortho intramolecular Hbond substituents is 1. The fourth-order valence-electron chi connectivity index (χ4n) is 2.04. The summed E-state index contributed by atoms with van der Waals surface area (Å²) >= 11 is 7.14. The van der Waals surface area contributed by atoms with Crippen molar-refractivity contribution in [1.29, 1.82) is 0 Å². The number of carbonyl (C=O) groups is 1. The maximum atomic E-state index is 12.1. The number of hydrogen-bond donors (Lipinski definition) is 2. The van der Waals surface area contributed by atoms with Gasteiger partial charge >= 0.3 is 5.97 Å². The molecule has 0 saturated heterocycles. The van der Waals surface area contributed by atoms with E-state index in [1.54, 1.807) is 16.7 Å². The zero-order valence-corrected chi connectivity index (χ0v) is 12.0. The summed E-state index contributed by atoms with van der Waals surface area (Å²) in [6.07, 6.45) is 1.27. The first-order valence-electron chi connectivity index (χ1n) is 5.85. The van der Waals surface area contributed by atoms with Gasteiger partial charge in [0.1, 0.15) is 16.1 Å². The molecule has 0 unspecified atom stereocenters. The average molecular weight is 322 g/mol. The molecular weight excluding hydrogens is 314 g/mol. The number of carboxylic acid groups (broad SMARTS) is 1. The van der Waals surface area contributed by atoms with Gasteiger partial charge in [0, 0.05) is 11.9 Å². The molecule has 21 heavy (non-hydrogen) atoms. The van der Waals surface area contributed by atoms with Crippen LogP contribution in [0.15, 0.2) is 41.3 Å². The molecule has 0 saturated carbocycles.